The summed E-state index contributed by atoms with van der Waals surface area (Å²) in [4.78, 5) is 27.0. The Morgan fingerprint density at radius 3 is 2.64 bits per heavy atom. The van der Waals surface area contributed by atoms with Crippen molar-refractivity contribution in [2.45, 2.75) is 18.5 Å². The first-order valence-corrected chi connectivity index (χ1v) is 9.60. The summed E-state index contributed by atoms with van der Waals surface area (Å²) in [7, 11) is 1.60. The minimum absolute atomic E-state index is 0.121. The molecule has 0 radical (unpaired) electrons. The van der Waals surface area contributed by atoms with E-state index in [1.807, 2.05) is 55.5 Å². The number of carbonyl (C=O) groups excluding carboxylic acids is 1. The van der Waals surface area contributed by atoms with Gasteiger partial charge in [0.25, 0.3) is 5.56 Å². The second kappa shape index (κ2) is 9.18. The van der Waals surface area contributed by atoms with Crippen LogP contribution in [-0.2, 0) is 11.2 Å². The summed E-state index contributed by atoms with van der Waals surface area (Å²) in [6.45, 7) is 1.96. The number of aromatic nitrogens is 3. The standard InChI is InChI=1S/C20H20N4O3S/c1-13-4-3-5-15(10-13)21-18(25)12-28-20-22-19(26)17(23-24-20)11-14-6-8-16(27-2)9-7-14/h3-10H,11-12H2,1-2H3,(H,21,25)(H,22,24,26). The van der Waals surface area contributed by atoms with Crippen molar-refractivity contribution < 1.29 is 9.53 Å². The molecule has 8 heteroatoms. The Morgan fingerprint density at radius 1 is 1.18 bits per heavy atom. The van der Waals surface area contributed by atoms with E-state index in [1.165, 1.54) is 0 Å². The van der Waals surface area contributed by atoms with Gasteiger partial charge < -0.3 is 10.1 Å². The molecule has 3 rings (SSSR count). The number of amides is 1. The van der Waals surface area contributed by atoms with Crippen molar-refractivity contribution in [3.8, 4) is 5.75 Å². The minimum atomic E-state index is -0.313. The van der Waals surface area contributed by atoms with E-state index < -0.39 is 0 Å². The molecule has 0 saturated heterocycles. The number of aryl methyl sites for hydroxylation is 1. The van der Waals surface area contributed by atoms with Crippen LogP contribution in [0.25, 0.3) is 0 Å². The maximum absolute atomic E-state index is 12.2. The second-order valence-electron chi connectivity index (χ2n) is 6.14. The largest absolute Gasteiger partial charge is 0.497 e. The summed E-state index contributed by atoms with van der Waals surface area (Å²) in [6.07, 6.45) is 0.366. The van der Waals surface area contributed by atoms with Crippen molar-refractivity contribution in [2.75, 3.05) is 18.2 Å². The highest BCUT2D eigenvalue weighted by atomic mass is 32.2. The number of ether oxygens (including phenoxy) is 1. The van der Waals surface area contributed by atoms with E-state index in [4.69, 9.17) is 4.74 Å². The molecule has 0 spiro atoms. The Bertz CT molecular complexity index is 1020. The highest BCUT2D eigenvalue weighted by Crippen LogP contribution is 2.15. The van der Waals surface area contributed by atoms with Crippen LogP contribution in [0, 0.1) is 6.92 Å². The molecule has 7 nitrogen and oxygen atoms in total. The van der Waals surface area contributed by atoms with Crippen molar-refractivity contribution in [1.29, 1.82) is 0 Å². The van der Waals surface area contributed by atoms with Gasteiger partial charge in [0.15, 0.2) is 5.16 Å². The normalized spacial score (nSPS) is 10.5. The number of carbonyl (C=O) groups is 1. The average Bonchev–Trinajstić information content (AvgIpc) is 2.69. The average molecular weight is 396 g/mol. The van der Waals surface area contributed by atoms with Gasteiger partial charge in [0.1, 0.15) is 11.4 Å². The number of hydrogen-bond acceptors (Lipinski definition) is 6. The fourth-order valence-electron chi connectivity index (χ4n) is 2.52. The molecule has 0 saturated carbocycles. The lowest BCUT2D eigenvalue weighted by Crippen LogP contribution is -2.19. The molecule has 1 amide bonds. The molecule has 2 N–H and O–H groups in total. The lowest BCUT2D eigenvalue weighted by atomic mass is 10.1. The zero-order valence-electron chi connectivity index (χ0n) is 15.6. The third kappa shape index (κ3) is 5.43. The molecule has 1 aromatic heterocycles. The van der Waals surface area contributed by atoms with Gasteiger partial charge in [0.05, 0.1) is 12.9 Å². The zero-order valence-corrected chi connectivity index (χ0v) is 16.4. The van der Waals surface area contributed by atoms with Gasteiger partial charge in [-0.25, -0.2) is 0 Å². The van der Waals surface area contributed by atoms with E-state index in [9.17, 15) is 9.59 Å². The molecule has 28 heavy (non-hydrogen) atoms. The number of nitrogens with zero attached hydrogens (tertiary/aromatic N) is 2. The molecule has 144 valence electrons. The molecular weight excluding hydrogens is 376 g/mol. The first-order chi connectivity index (χ1) is 13.5. The van der Waals surface area contributed by atoms with Gasteiger partial charge in [0, 0.05) is 12.1 Å². The van der Waals surface area contributed by atoms with Crippen molar-refractivity contribution in [1.82, 2.24) is 15.2 Å². The van der Waals surface area contributed by atoms with E-state index in [0.29, 0.717) is 17.3 Å². The topological polar surface area (TPSA) is 97.0 Å². The molecule has 3 aromatic rings. The van der Waals surface area contributed by atoms with Crippen molar-refractivity contribution >= 4 is 23.4 Å². The zero-order chi connectivity index (χ0) is 19.9. The van der Waals surface area contributed by atoms with E-state index >= 15 is 0 Å². The highest BCUT2D eigenvalue weighted by molar-refractivity contribution is 7.99. The van der Waals surface area contributed by atoms with Crippen LogP contribution >= 0.6 is 11.8 Å². The maximum Gasteiger partial charge on any atom is 0.273 e. The first kappa shape index (κ1) is 19.6. The summed E-state index contributed by atoms with van der Waals surface area (Å²) in [5, 5.41) is 11.1. The quantitative estimate of drug-likeness (QED) is 0.596. The van der Waals surface area contributed by atoms with Crippen LogP contribution in [0.3, 0.4) is 0 Å². The molecule has 0 atom stereocenters. The molecule has 2 aromatic carbocycles. The van der Waals surface area contributed by atoms with Gasteiger partial charge in [-0.15, -0.1) is 10.2 Å². The number of benzene rings is 2. The van der Waals surface area contributed by atoms with Gasteiger partial charge in [-0.1, -0.05) is 36.0 Å². The third-order valence-electron chi connectivity index (χ3n) is 3.92. The molecule has 0 aliphatic rings. The summed E-state index contributed by atoms with van der Waals surface area (Å²) in [6, 6.07) is 14.9. The van der Waals surface area contributed by atoms with E-state index in [1.54, 1.807) is 7.11 Å². The highest BCUT2D eigenvalue weighted by Gasteiger charge is 2.09. The number of anilines is 1. The van der Waals surface area contributed by atoms with Crippen LogP contribution in [0.1, 0.15) is 16.8 Å². The van der Waals surface area contributed by atoms with Gasteiger partial charge >= 0.3 is 0 Å². The summed E-state index contributed by atoms with van der Waals surface area (Å²) < 4.78 is 5.12. The predicted octanol–water partition coefficient (Wildman–Crippen LogP) is 2.80. The molecular formula is C20H20N4O3S. The first-order valence-electron chi connectivity index (χ1n) is 8.61. The number of hydrogen-bond donors (Lipinski definition) is 2. The summed E-state index contributed by atoms with van der Waals surface area (Å²) in [5.41, 5.74) is 2.73. The predicted molar refractivity (Wildman–Crippen MR) is 109 cm³/mol. The van der Waals surface area contributed by atoms with Gasteiger partial charge in [-0.2, -0.15) is 0 Å². The number of methoxy groups -OCH3 is 1. The molecule has 0 aliphatic heterocycles. The van der Waals surface area contributed by atoms with Crippen LogP contribution in [0.4, 0.5) is 5.69 Å². The second-order valence-corrected chi connectivity index (χ2v) is 7.10. The van der Waals surface area contributed by atoms with Gasteiger partial charge in [-0.3, -0.25) is 14.6 Å². The minimum Gasteiger partial charge on any atom is -0.497 e. The van der Waals surface area contributed by atoms with Crippen LogP contribution in [0.2, 0.25) is 0 Å². The lowest BCUT2D eigenvalue weighted by molar-refractivity contribution is -0.113. The Hall–Kier alpha value is -3.13. The number of aromatic amines is 1. The van der Waals surface area contributed by atoms with Crippen molar-refractivity contribution in [3.63, 3.8) is 0 Å². The van der Waals surface area contributed by atoms with Crippen molar-refractivity contribution in [2.24, 2.45) is 0 Å². The van der Waals surface area contributed by atoms with Gasteiger partial charge in [0.2, 0.25) is 5.91 Å². The van der Waals surface area contributed by atoms with Gasteiger partial charge in [-0.05, 0) is 42.3 Å². The number of nitrogens with one attached hydrogen (secondary N) is 2. The SMILES string of the molecule is COc1ccc(Cc2nnc(SCC(=O)Nc3cccc(C)c3)[nH]c2=O)cc1. The molecule has 1 heterocycles. The van der Waals surface area contributed by atoms with Crippen LogP contribution in [-0.4, -0.2) is 34.0 Å². The fourth-order valence-corrected chi connectivity index (χ4v) is 3.12. The lowest BCUT2D eigenvalue weighted by Gasteiger charge is -2.06. The Morgan fingerprint density at radius 2 is 1.96 bits per heavy atom. The number of rotatable bonds is 7. The third-order valence-corrected chi connectivity index (χ3v) is 4.78. The molecule has 0 unspecified atom stereocenters. The smallest absolute Gasteiger partial charge is 0.273 e. The Balaban J connectivity index is 1.57. The van der Waals surface area contributed by atoms with Crippen LogP contribution < -0.4 is 15.6 Å². The number of H-pyrrole nitrogens is 1. The van der Waals surface area contributed by atoms with Crippen LogP contribution in [0.5, 0.6) is 5.75 Å². The van der Waals surface area contributed by atoms with E-state index in [2.05, 4.69) is 20.5 Å². The number of thioether (sulfide) groups is 1. The maximum atomic E-state index is 12.2. The fraction of sp³-hybridized carbons (Fsp3) is 0.200. The van der Waals surface area contributed by atoms with E-state index in [0.717, 1.165) is 34.3 Å². The molecule has 0 aliphatic carbocycles. The molecule has 0 bridgehead atoms. The van der Waals surface area contributed by atoms with E-state index in [-0.39, 0.29) is 17.2 Å². The monoisotopic (exact) mass is 396 g/mol. The molecule has 0 fully saturated rings. The summed E-state index contributed by atoms with van der Waals surface area (Å²) >= 11 is 1.13. The Labute approximate surface area is 166 Å². The Kier molecular flexibility index (Phi) is 6.44. The summed E-state index contributed by atoms with van der Waals surface area (Å²) in [5.74, 6) is 0.691. The van der Waals surface area contributed by atoms with Crippen molar-refractivity contribution in [3.05, 3.63) is 75.7 Å². The van der Waals surface area contributed by atoms with Crippen LogP contribution in [0.15, 0.2) is 58.5 Å².